The number of fused-ring (bicyclic) bond motifs is 1. The average Bonchev–Trinajstić information content (AvgIpc) is 3.14. The molecule has 7 heteroatoms. The third-order valence-corrected chi connectivity index (χ3v) is 3.59. The summed E-state index contributed by atoms with van der Waals surface area (Å²) in [5.74, 6) is -1.34. The van der Waals surface area contributed by atoms with Crippen LogP contribution in [0.2, 0.25) is 0 Å². The molecule has 0 aliphatic rings. The number of carbonyl (C=O) groups excluding carboxylic acids is 2. The molecular weight excluding hydrogens is 326 g/mol. The third-order valence-electron chi connectivity index (χ3n) is 3.59. The summed E-state index contributed by atoms with van der Waals surface area (Å²) in [6.45, 7) is -0.349. The summed E-state index contributed by atoms with van der Waals surface area (Å²) in [6.07, 6.45) is 1.48. The zero-order chi connectivity index (χ0) is 17.8. The molecule has 25 heavy (non-hydrogen) atoms. The Bertz CT molecular complexity index is 917. The SMILES string of the molecule is O=C(COC(=O)c1cc(O)c2ccccc2c1O)NCc1ccco1. The molecule has 0 radical (unpaired) electrons. The molecule has 2 aromatic carbocycles. The van der Waals surface area contributed by atoms with Crippen LogP contribution < -0.4 is 5.32 Å². The lowest BCUT2D eigenvalue weighted by molar-refractivity contribution is -0.124. The van der Waals surface area contributed by atoms with Crippen molar-refractivity contribution in [2.75, 3.05) is 6.61 Å². The molecule has 0 saturated carbocycles. The van der Waals surface area contributed by atoms with Gasteiger partial charge in [-0.05, 0) is 18.2 Å². The van der Waals surface area contributed by atoms with Gasteiger partial charge in [0.05, 0.1) is 12.8 Å². The Labute approximate surface area is 142 Å². The predicted octanol–water partition coefficient (Wildman–Crippen LogP) is 2.32. The van der Waals surface area contributed by atoms with Gasteiger partial charge in [-0.1, -0.05) is 24.3 Å². The van der Waals surface area contributed by atoms with Crippen LogP contribution >= 0.6 is 0 Å². The second-order valence-electron chi connectivity index (χ2n) is 5.27. The van der Waals surface area contributed by atoms with Crippen molar-refractivity contribution in [3.8, 4) is 11.5 Å². The number of phenols is 2. The van der Waals surface area contributed by atoms with E-state index in [1.165, 1.54) is 6.26 Å². The fraction of sp³-hybridized carbons (Fsp3) is 0.111. The maximum atomic E-state index is 12.1. The standard InChI is InChI=1S/C18H15NO6/c20-15-8-14(17(22)13-6-2-1-5-12(13)15)18(23)25-10-16(21)19-9-11-4-3-7-24-11/h1-8,20,22H,9-10H2,(H,19,21). The minimum absolute atomic E-state index is 0.164. The van der Waals surface area contributed by atoms with E-state index in [0.717, 1.165) is 6.07 Å². The van der Waals surface area contributed by atoms with Gasteiger partial charge in [-0.15, -0.1) is 0 Å². The lowest BCUT2D eigenvalue weighted by Crippen LogP contribution is -2.28. The minimum atomic E-state index is -0.910. The summed E-state index contributed by atoms with van der Waals surface area (Å²) >= 11 is 0. The molecule has 128 valence electrons. The van der Waals surface area contributed by atoms with Gasteiger partial charge in [0.1, 0.15) is 22.8 Å². The van der Waals surface area contributed by atoms with Crippen molar-refractivity contribution >= 4 is 22.6 Å². The number of aromatic hydroxyl groups is 2. The fourth-order valence-corrected chi connectivity index (χ4v) is 2.36. The molecule has 0 aliphatic heterocycles. The molecule has 0 bridgehead atoms. The summed E-state index contributed by atoms with van der Waals surface area (Å²) in [5, 5.41) is 23.4. The molecule has 3 rings (SSSR count). The number of esters is 1. The number of ether oxygens (including phenoxy) is 1. The first-order chi connectivity index (χ1) is 12.1. The third kappa shape index (κ3) is 3.55. The molecule has 0 aliphatic carbocycles. The van der Waals surface area contributed by atoms with Crippen molar-refractivity contribution in [1.29, 1.82) is 0 Å². The number of nitrogens with one attached hydrogen (secondary N) is 1. The topological polar surface area (TPSA) is 109 Å². The van der Waals surface area contributed by atoms with Gasteiger partial charge in [-0.2, -0.15) is 0 Å². The van der Waals surface area contributed by atoms with Gasteiger partial charge in [0.25, 0.3) is 5.91 Å². The molecule has 0 saturated heterocycles. The lowest BCUT2D eigenvalue weighted by atomic mass is 10.0. The first-order valence-corrected chi connectivity index (χ1v) is 7.46. The van der Waals surface area contributed by atoms with E-state index in [1.54, 1.807) is 36.4 Å². The van der Waals surface area contributed by atoms with Crippen LogP contribution in [-0.2, 0) is 16.1 Å². The van der Waals surface area contributed by atoms with Gasteiger partial charge >= 0.3 is 5.97 Å². The summed E-state index contributed by atoms with van der Waals surface area (Å²) in [7, 11) is 0. The molecule has 0 fully saturated rings. The van der Waals surface area contributed by atoms with Crippen LogP contribution in [0.5, 0.6) is 11.5 Å². The molecule has 1 heterocycles. The Morgan fingerprint density at radius 2 is 1.84 bits per heavy atom. The molecule has 3 N–H and O–H groups in total. The molecule has 1 amide bonds. The van der Waals surface area contributed by atoms with Gasteiger partial charge in [-0.25, -0.2) is 4.79 Å². The summed E-state index contributed by atoms with van der Waals surface area (Å²) in [5.41, 5.74) is -0.213. The van der Waals surface area contributed by atoms with E-state index in [9.17, 15) is 19.8 Å². The number of hydrogen-bond acceptors (Lipinski definition) is 6. The van der Waals surface area contributed by atoms with Gasteiger partial charge in [0, 0.05) is 10.8 Å². The Morgan fingerprint density at radius 1 is 1.08 bits per heavy atom. The van der Waals surface area contributed by atoms with Crippen molar-refractivity contribution in [3.05, 3.63) is 60.1 Å². The molecule has 0 spiro atoms. The zero-order valence-electron chi connectivity index (χ0n) is 13.1. The molecule has 7 nitrogen and oxygen atoms in total. The van der Waals surface area contributed by atoms with Crippen LogP contribution in [0.4, 0.5) is 0 Å². The van der Waals surface area contributed by atoms with Gasteiger partial charge < -0.3 is 24.7 Å². The average molecular weight is 341 g/mol. The first-order valence-electron chi connectivity index (χ1n) is 7.46. The van der Waals surface area contributed by atoms with Crippen molar-refractivity contribution in [3.63, 3.8) is 0 Å². The van der Waals surface area contributed by atoms with Gasteiger partial charge in [-0.3, -0.25) is 4.79 Å². The second kappa shape index (κ2) is 6.96. The van der Waals surface area contributed by atoms with E-state index >= 15 is 0 Å². The number of amides is 1. The van der Waals surface area contributed by atoms with E-state index in [-0.39, 0.29) is 23.6 Å². The van der Waals surface area contributed by atoms with Crippen LogP contribution in [0, 0.1) is 0 Å². The van der Waals surface area contributed by atoms with Crippen molar-refractivity contribution in [1.82, 2.24) is 5.32 Å². The molecule has 1 aromatic heterocycles. The number of phenolic OH excluding ortho intramolecular Hbond substituents is 2. The highest BCUT2D eigenvalue weighted by atomic mass is 16.5. The maximum Gasteiger partial charge on any atom is 0.342 e. The van der Waals surface area contributed by atoms with E-state index in [2.05, 4.69) is 5.32 Å². The highest BCUT2D eigenvalue weighted by Gasteiger charge is 2.19. The number of rotatable bonds is 5. The number of benzene rings is 2. The summed E-state index contributed by atoms with van der Waals surface area (Å²) in [4.78, 5) is 23.8. The highest BCUT2D eigenvalue weighted by Crippen LogP contribution is 2.35. The Balaban J connectivity index is 1.66. The predicted molar refractivity (Wildman–Crippen MR) is 88.1 cm³/mol. The first kappa shape index (κ1) is 16.4. The summed E-state index contributed by atoms with van der Waals surface area (Å²) in [6, 6.07) is 11.0. The Hall–Kier alpha value is -3.48. The van der Waals surface area contributed by atoms with Crippen LogP contribution in [0.15, 0.2) is 53.1 Å². The monoisotopic (exact) mass is 341 g/mol. The van der Waals surface area contributed by atoms with Crippen molar-refractivity contribution in [2.45, 2.75) is 6.54 Å². The molecular formula is C18H15NO6. The fourth-order valence-electron chi connectivity index (χ4n) is 2.36. The lowest BCUT2D eigenvalue weighted by Gasteiger charge is -2.10. The van der Waals surface area contributed by atoms with E-state index < -0.39 is 18.5 Å². The van der Waals surface area contributed by atoms with Gasteiger partial charge in [0.15, 0.2) is 6.61 Å². The van der Waals surface area contributed by atoms with E-state index in [0.29, 0.717) is 16.5 Å². The maximum absolute atomic E-state index is 12.1. The number of carbonyl (C=O) groups is 2. The largest absolute Gasteiger partial charge is 0.507 e. The van der Waals surface area contributed by atoms with Gasteiger partial charge in [0.2, 0.25) is 0 Å². The van der Waals surface area contributed by atoms with Crippen LogP contribution in [-0.4, -0.2) is 28.7 Å². The van der Waals surface area contributed by atoms with E-state index in [1.807, 2.05) is 0 Å². The van der Waals surface area contributed by atoms with Crippen molar-refractivity contribution < 1.29 is 29.0 Å². The Kier molecular flexibility index (Phi) is 4.56. The number of furan rings is 1. The van der Waals surface area contributed by atoms with Crippen LogP contribution in [0.1, 0.15) is 16.1 Å². The van der Waals surface area contributed by atoms with Crippen molar-refractivity contribution in [2.24, 2.45) is 0 Å². The normalized spacial score (nSPS) is 10.6. The van der Waals surface area contributed by atoms with Crippen LogP contribution in [0.3, 0.4) is 0 Å². The highest BCUT2D eigenvalue weighted by molar-refractivity contribution is 6.04. The Morgan fingerprint density at radius 3 is 2.56 bits per heavy atom. The van der Waals surface area contributed by atoms with E-state index in [4.69, 9.17) is 9.15 Å². The van der Waals surface area contributed by atoms with Crippen LogP contribution in [0.25, 0.3) is 10.8 Å². The molecule has 0 unspecified atom stereocenters. The number of hydrogen-bond donors (Lipinski definition) is 3. The zero-order valence-corrected chi connectivity index (χ0v) is 13.1. The minimum Gasteiger partial charge on any atom is -0.507 e. The smallest absolute Gasteiger partial charge is 0.342 e. The summed E-state index contributed by atoms with van der Waals surface area (Å²) < 4.78 is 9.96. The molecule has 0 atom stereocenters. The quantitative estimate of drug-likeness (QED) is 0.485. The second-order valence-corrected chi connectivity index (χ2v) is 5.27. The molecule has 3 aromatic rings.